The number of nitro benzene ring substituents is 1. The predicted molar refractivity (Wildman–Crippen MR) is 94.4 cm³/mol. The Bertz CT molecular complexity index is 617. The first-order chi connectivity index (χ1) is 10.8. The zero-order valence-corrected chi connectivity index (χ0v) is 14.7. The molecule has 0 aromatic heterocycles. The summed E-state index contributed by atoms with van der Waals surface area (Å²) in [5.74, 6) is 1.26. The lowest BCUT2D eigenvalue weighted by molar-refractivity contribution is -0.384. The van der Waals surface area contributed by atoms with Gasteiger partial charge < -0.3 is 10.0 Å². The first-order valence-electron chi connectivity index (χ1n) is 7.70. The second-order valence-corrected chi connectivity index (χ2v) is 7.27. The minimum atomic E-state index is -0.424. The van der Waals surface area contributed by atoms with E-state index in [-0.39, 0.29) is 11.7 Å². The van der Waals surface area contributed by atoms with Crippen LogP contribution in [0.3, 0.4) is 0 Å². The molecule has 1 aliphatic heterocycles. The number of aryl methyl sites for hydroxylation is 1. The molecule has 1 heterocycles. The van der Waals surface area contributed by atoms with Gasteiger partial charge in [-0.3, -0.25) is 10.1 Å². The number of nitrogens with zero attached hydrogens (tertiary/aromatic N) is 3. The Hall–Kier alpha value is -1.60. The lowest BCUT2D eigenvalue weighted by atomic mass is 10.1. The number of hydrogen-bond donors (Lipinski definition) is 1. The molecule has 1 saturated heterocycles. The molecule has 2 rings (SSSR count). The van der Waals surface area contributed by atoms with Gasteiger partial charge in [0.2, 0.25) is 0 Å². The SMILES string of the molecule is Cc1cc([N+](=O)[O-])ccc1/N=C1\SC[C@@H]([C@@H](C)O)N1CC(C)C. The summed E-state index contributed by atoms with van der Waals surface area (Å²) >= 11 is 1.62. The van der Waals surface area contributed by atoms with Crippen LogP contribution in [0.5, 0.6) is 0 Å². The quantitative estimate of drug-likeness (QED) is 0.658. The standard InChI is InChI=1S/C16H23N3O3S/c1-10(2)8-18-15(12(4)20)9-23-16(18)17-14-6-5-13(19(21)22)7-11(14)3/h5-7,10,12,15,20H,8-9H2,1-4H3/b17-16-/t12-,15+/m1/s1. The van der Waals surface area contributed by atoms with Gasteiger partial charge in [-0.15, -0.1) is 0 Å². The summed E-state index contributed by atoms with van der Waals surface area (Å²) in [5.41, 5.74) is 1.59. The molecule has 0 radical (unpaired) electrons. The molecule has 0 saturated carbocycles. The summed E-state index contributed by atoms with van der Waals surface area (Å²) in [6.45, 7) is 8.73. The van der Waals surface area contributed by atoms with Gasteiger partial charge >= 0.3 is 0 Å². The Morgan fingerprint density at radius 1 is 1.48 bits per heavy atom. The van der Waals surface area contributed by atoms with Crippen LogP contribution in [0.2, 0.25) is 0 Å². The van der Waals surface area contributed by atoms with Gasteiger partial charge in [0.25, 0.3) is 5.69 Å². The number of aliphatic hydroxyl groups excluding tert-OH is 1. The molecule has 1 N–H and O–H groups in total. The van der Waals surface area contributed by atoms with Gasteiger partial charge in [0.1, 0.15) is 0 Å². The summed E-state index contributed by atoms with van der Waals surface area (Å²) in [7, 11) is 0. The van der Waals surface area contributed by atoms with Crippen LogP contribution in [0, 0.1) is 23.0 Å². The maximum Gasteiger partial charge on any atom is 0.269 e. The van der Waals surface area contributed by atoms with Gasteiger partial charge in [-0.05, 0) is 31.4 Å². The zero-order valence-electron chi connectivity index (χ0n) is 13.9. The van der Waals surface area contributed by atoms with E-state index in [9.17, 15) is 15.2 Å². The van der Waals surface area contributed by atoms with Crippen LogP contribution in [-0.2, 0) is 0 Å². The van der Waals surface area contributed by atoms with E-state index in [4.69, 9.17) is 4.99 Å². The van der Waals surface area contributed by atoms with Crippen LogP contribution in [0.4, 0.5) is 11.4 Å². The number of hydrogen-bond acceptors (Lipinski definition) is 5. The second-order valence-electron chi connectivity index (χ2n) is 6.29. The lowest BCUT2D eigenvalue weighted by Gasteiger charge is -2.29. The number of aliphatic imine (C=N–C) groups is 1. The van der Waals surface area contributed by atoms with E-state index in [1.807, 2.05) is 6.92 Å². The number of thioether (sulfide) groups is 1. The van der Waals surface area contributed by atoms with Crippen molar-refractivity contribution in [1.82, 2.24) is 4.90 Å². The molecule has 1 aliphatic rings. The van der Waals surface area contributed by atoms with Crippen LogP contribution in [-0.4, -0.2) is 44.5 Å². The highest BCUT2D eigenvalue weighted by Gasteiger charge is 2.33. The number of benzene rings is 1. The van der Waals surface area contributed by atoms with Crippen molar-refractivity contribution in [3.8, 4) is 0 Å². The van der Waals surface area contributed by atoms with Gasteiger partial charge in [0.05, 0.1) is 22.8 Å². The Morgan fingerprint density at radius 2 is 2.17 bits per heavy atom. The number of nitro groups is 1. The summed E-state index contributed by atoms with van der Waals surface area (Å²) in [4.78, 5) is 17.3. The van der Waals surface area contributed by atoms with Gasteiger partial charge in [-0.2, -0.15) is 0 Å². The molecule has 0 aliphatic carbocycles. The van der Waals surface area contributed by atoms with Gasteiger partial charge in [0.15, 0.2) is 5.17 Å². The summed E-state index contributed by atoms with van der Waals surface area (Å²) in [6, 6.07) is 4.76. The minimum absolute atomic E-state index is 0.0551. The van der Waals surface area contributed by atoms with Gasteiger partial charge in [-0.1, -0.05) is 25.6 Å². The van der Waals surface area contributed by atoms with E-state index in [1.165, 1.54) is 12.1 Å². The Kier molecular flexibility index (Phi) is 5.64. The van der Waals surface area contributed by atoms with Crippen LogP contribution in [0.25, 0.3) is 0 Å². The molecule has 126 valence electrons. The van der Waals surface area contributed by atoms with Crippen molar-refractivity contribution in [2.75, 3.05) is 12.3 Å². The van der Waals surface area contributed by atoms with Crippen molar-refractivity contribution in [2.24, 2.45) is 10.9 Å². The minimum Gasteiger partial charge on any atom is -0.391 e. The monoisotopic (exact) mass is 337 g/mol. The second kappa shape index (κ2) is 7.31. The lowest BCUT2D eigenvalue weighted by Crippen LogP contribution is -2.43. The van der Waals surface area contributed by atoms with Gasteiger partial charge in [0, 0.05) is 24.4 Å². The highest BCUT2D eigenvalue weighted by atomic mass is 32.2. The summed E-state index contributed by atoms with van der Waals surface area (Å²) < 4.78 is 0. The molecule has 7 heteroatoms. The maximum atomic E-state index is 10.8. The topological polar surface area (TPSA) is 79.0 Å². The van der Waals surface area contributed by atoms with Gasteiger partial charge in [-0.25, -0.2) is 4.99 Å². The van der Waals surface area contributed by atoms with Crippen LogP contribution in [0.15, 0.2) is 23.2 Å². The third-order valence-electron chi connectivity index (χ3n) is 3.76. The van der Waals surface area contributed by atoms with E-state index in [1.54, 1.807) is 24.8 Å². The number of aliphatic hydroxyl groups is 1. The Balaban J connectivity index is 2.31. The van der Waals surface area contributed by atoms with Crippen molar-refractivity contribution in [3.05, 3.63) is 33.9 Å². The first kappa shape index (κ1) is 17.7. The smallest absolute Gasteiger partial charge is 0.269 e. The van der Waals surface area contributed by atoms with Crippen molar-refractivity contribution < 1.29 is 10.0 Å². The average Bonchev–Trinajstić information content (AvgIpc) is 2.83. The van der Waals surface area contributed by atoms with Crippen molar-refractivity contribution in [1.29, 1.82) is 0 Å². The maximum absolute atomic E-state index is 10.8. The molecule has 1 aromatic carbocycles. The molecule has 1 fully saturated rings. The fourth-order valence-electron chi connectivity index (χ4n) is 2.56. The first-order valence-corrected chi connectivity index (χ1v) is 8.69. The number of non-ortho nitro benzene ring substituents is 1. The molecule has 6 nitrogen and oxygen atoms in total. The molecule has 0 bridgehead atoms. The van der Waals surface area contributed by atoms with E-state index >= 15 is 0 Å². The molecule has 2 atom stereocenters. The summed E-state index contributed by atoms with van der Waals surface area (Å²) in [6.07, 6.45) is -0.424. The average molecular weight is 337 g/mol. The van der Waals surface area contributed by atoms with Crippen molar-refractivity contribution in [3.63, 3.8) is 0 Å². The normalized spacial score (nSPS) is 21.2. The predicted octanol–water partition coefficient (Wildman–Crippen LogP) is 3.34. The van der Waals surface area contributed by atoms with E-state index in [2.05, 4.69) is 18.7 Å². The number of rotatable bonds is 5. The molecule has 23 heavy (non-hydrogen) atoms. The fourth-order valence-corrected chi connectivity index (χ4v) is 3.88. The molecular formula is C16H23N3O3S. The molecule has 0 amide bonds. The van der Waals surface area contributed by atoms with Crippen LogP contribution < -0.4 is 0 Å². The summed E-state index contributed by atoms with van der Waals surface area (Å²) in [5, 5.41) is 21.7. The van der Waals surface area contributed by atoms with Crippen LogP contribution >= 0.6 is 11.8 Å². The molecular weight excluding hydrogens is 314 g/mol. The highest BCUT2D eigenvalue weighted by Crippen LogP contribution is 2.31. The Labute approximate surface area is 140 Å². The van der Waals surface area contributed by atoms with E-state index in [0.29, 0.717) is 5.92 Å². The van der Waals surface area contributed by atoms with E-state index in [0.717, 1.165) is 28.7 Å². The third-order valence-corrected chi connectivity index (χ3v) is 4.85. The Morgan fingerprint density at radius 3 is 2.70 bits per heavy atom. The molecule has 1 aromatic rings. The van der Waals surface area contributed by atoms with Crippen molar-refractivity contribution in [2.45, 2.75) is 39.8 Å². The van der Waals surface area contributed by atoms with E-state index < -0.39 is 11.0 Å². The molecule has 0 spiro atoms. The zero-order chi connectivity index (χ0) is 17.1. The third kappa shape index (κ3) is 4.23. The fraction of sp³-hybridized carbons (Fsp3) is 0.562. The van der Waals surface area contributed by atoms with Crippen LogP contribution in [0.1, 0.15) is 26.3 Å². The molecule has 0 unspecified atom stereocenters. The highest BCUT2D eigenvalue weighted by molar-refractivity contribution is 8.14. The van der Waals surface area contributed by atoms with Crippen molar-refractivity contribution >= 4 is 28.3 Å². The largest absolute Gasteiger partial charge is 0.391 e. The number of amidine groups is 1.